The van der Waals surface area contributed by atoms with Gasteiger partial charge < -0.3 is 14.6 Å². The normalized spacial score (nSPS) is 16.0. The number of ether oxygens (including phenoxy) is 2. The third-order valence-corrected chi connectivity index (χ3v) is 5.02. The standard InChI is InChI=1S/C20H28Cl2N2O4/c1-27-9-7-5-3-2-4-6-8-17-14-28-19(23-17)13-24(20(25)26)18-11-15(21)10-16(22)12-18/h10-12,17H,2-9,13-14H2,1H3,(H,25,26). The second-order valence-electron chi connectivity index (χ2n) is 6.89. The van der Waals surface area contributed by atoms with Crippen LogP contribution in [0.5, 0.6) is 0 Å². The van der Waals surface area contributed by atoms with Crippen LogP contribution in [0.2, 0.25) is 10.0 Å². The molecule has 1 aromatic carbocycles. The molecule has 2 rings (SSSR count). The summed E-state index contributed by atoms with van der Waals surface area (Å²) < 4.78 is 10.7. The Kier molecular flexibility index (Phi) is 9.88. The molecule has 0 fully saturated rings. The molecule has 0 saturated carbocycles. The molecule has 6 nitrogen and oxygen atoms in total. The first-order valence-electron chi connectivity index (χ1n) is 9.64. The van der Waals surface area contributed by atoms with E-state index in [-0.39, 0.29) is 12.6 Å². The van der Waals surface area contributed by atoms with Crippen molar-refractivity contribution in [3.05, 3.63) is 28.2 Å². The minimum Gasteiger partial charge on any atom is -0.477 e. The average molecular weight is 431 g/mol. The molecule has 1 aromatic rings. The fourth-order valence-electron chi connectivity index (χ4n) is 3.14. The highest BCUT2D eigenvalue weighted by atomic mass is 35.5. The summed E-state index contributed by atoms with van der Waals surface area (Å²) in [6.07, 6.45) is 6.90. The molecule has 1 aliphatic rings. The van der Waals surface area contributed by atoms with Crippen LogP contribution in [-0.4, -0.2) is 50.0 Å². The second kappa shape index (κ2) is 12.1. The van der Waals surface area contributed by atoms with Crippen LogP contribution in [0.1, 0.15) is 44.9 Å². The van der Waals surface area contributed by atoms with E-state index in [9.17, 15) is 9.90 Å². The summed E-state index contributed by atoms with van der Waals surface area (Å²) in [4.78, 5) is 17.3. The number of aliphatic imine (C=N–C) groups is 1. The van der Waals surface area contributed by atoms with Crippen LogP contribution < -0.4 is 4.90 Å². The molecule has 1 amide bonds. The number of amides is 1. The number of hydrogen-bond donors (Lipinski definition) is 1. The van der Waals surface area contributed by atoms with Crippen molar-refractivity contribution >= 4 is 40.9 Å². The zero-order chi connectivity index (χ0) is 20.4. The fraction of sp³-hybridized carbons (Fsp3) is 0.600. The first-order chi connectivity index (χ1) is 13.5. The van der Waals surface area contributed by atoms with Gasteiger partial charge in [-0.1, -0.05) is 55.3 Å². The summed E-state index contributed by atoms with van der Waals surface area (Å²) >= 11 is 12.0. The van der Waals surface area contributed by atoms with Crippen molar-refractivity contribution < 1.29 is 19.4 Å². The largest absolute Gasteiger partial charge is 0.477 e. The van der Waals surface area contributed by atoms with Gasteiger partial charge in [-0.3, -0.25) is 4.90 Å². The molecule has 1 atom stereocenters. The molecule has 1 N–H and O–H groups in total. The van der Waals surface area contributed by atoms with Gasteiger partial charge in [0, 0.05) is 23.8 Å². The summed E-state index contributed by atoms with van der Waals surface area (Å²) in [5.74, 6) is 0.433. The number of nitrogens with zero attached hydrogens (tertiary/aromatic N) is 2. The van der Waals surface area contributed by atoms with Crippen molar-refractivity contribution in [2.45, 2.75) is 51.0 Å². The second-order valence-corrected chi connectivity index (χ2v) is 7.76. The smallest absolute Gasteiger partial charge is 0.412 e. The first-order valence-corrected chi connectivity index (χ1v) is 10.4. The van der Waals surface area contributed by atoms with Crippen LogP contribution in [0.25, 0.3) is 0 Å². The number of carbonyl (C=O) groups is 1. The molecule has 0 spiro atoms. The molecule has 0 aliphatic carbocycles. The lowest BCUT2D eigenvalue weighted by molar-refractivity contribution is 0.192. The highest BCUT2D eigenvalue weighted by Crippen LogP contribution is 2.26. The minimum atomic E-state index is -1.11. The minimum absolute atomic E-state index is 0.0437. The zero-order valence-electron chi connectivity index (χ0n) is 16.2. The van der Waals surface area contributed by atoms with E-state index in [4.69, 9.17) is 32.7 Å². The maximum absolute atomic E-state index is 11.7. The maximum atomic E-state index is 11.7. The summed E-state index contributed by atoms with van der Waals surface area (Å²) in [5, 5.41) is 10.3. The first kappa shape index (κ1) is 22.8. The molecule has 28 heavy (non-hydrogen) atoms. The van der Waals surface area contributed by atoms with Gasteiger partial charge in [-0.15, -0.1) is 0 Å². The van der Waals surface area contributed by atoms with Crippen molar-refractivity contribution in [3.8, 4) is 0 Å². The highest BCUT2D eigenvalue weighted by molar-refractivity contribution is 6.35. The monoisotopic (exact) mass is 430 g/mol. The molecule has 0 radical (unpaired) electrons. The maximum Gasteiger partial charge on any atom is 0.412 e. The number of methoxy groups -OCH3 is 1. The van der Waals surface area contributed by atoms with Crippen molar-refractivity contribution in [2.24, 2.45) is 4.99 Å². The van der Waals surface area contributed by atoms with E-state index < -0.39 is 6.09 Å². The number of rotatable bonds is 12. The molecule has 156 valence electrons. The topological polar surface area (TPSA) is 71.4 Å². The number of anilines is 1. The third-order valence-electron chi connectivity index (χ3n) is 4.59. The number of halogens is 2. The van der Waals surface area contributed by atoms with Gasteiger partial charge in [0.25, 0.3) is 0 Å². The molecule has 1 unspecified atom stereocenters. The predicted molar refractivity (Wildman–Crippen MR) is 113 cm³/mol. The molecule has 1 aliphatic heterocycles. The van der Waals surface area contributed by atoms with E-state index in [1.54, 1.807) is 25.3 Å². The third kappa shape index (κ3) is 7.86. The SMILES string of the molecule is COCCCCCCCCC1COC(CN(C(=O)O)c2cc(Cl)cc(Cl)c2)=N1. The van der Waals surface area contributed by atoms with Gasteiger partial charge in [-0.25, -0.2) is 9.79 Å². The van der Waals surface area contributed by atoms with Gasteiger partial charge >= 0.3 is 6.09 Å². The van der Waals surface area contributed by atoms with Crippen LogP contribution in [0.4, 0.5) is 10.5 Å². The van der Waals surface area contributed by atoms with Crippen molar-refractivity contribution in [2.75, 3.05) is 31.8 Å². The summed E-state index contributed by atoms with van der Waals surface area (Å²) in [5.41, 5.74) is 0.397. The Morgan fingerprint density at radius 3 is 2.46 bits per heavy atom. The fourth-order valence-corrected chi connectivity index (χ4v) is 3.65. The van der Waals surface area contributed by atoms with Gasteiger partial charge in [-0.05, 0) is 31.0 Å². The van der Waals surface area contributed by atoms with Crippen molar-refractivity contribution in [3.63, 3.8) is 0 Å². The average Bonchev–Trinajstić information content (AvgIpc) is 3.08. The number of benzene rings is 1. The molecule has 0 aromatic heterocycles. The van der Waals surface area contributed by atoms with Gasteiger partial charge in [-0.2, -0.15) is 0 Å². The summed E-state index contributed by atoms with van der Waals surface area (Å²) in [6.45, 7) is 1.39. The van der Waals surface area contributed by atoms with E-state index in [1.807, 2.05) is 0 Å². The number of unbranched alkanes of at least 4 members (excludes halogenated alkanes) is 5. The lowest BCUT2D eigenvalue weighted by Crippen LogP contribution is -2.34. The quantitative estimate of drug-likeness (QED) is 0.434. The van der Waals surface area contributed by atoms with Crippen LogP contribution in [0.15, 0.2) is 23.2 Å². The van der Waals surface area contributed by atoms with E-state index in [2.05, 4.69) is 4.99 Å². The molecule has 0 bridgehead atoms. The van der Waals surface area contributed by atoms with E-state index in [1.165, 1.54) is 25.7 Å². The number of hydrogen-bond acceptors (Lipinski definition) is 4. The van der Waals surface area contributed by atoms with Gasteiger partial charge in [0.05, 0.1) is 11.7 Å². The van der Waals surface area contributed by atoms with Gasteiger partial charge in [0.2, 0.25) is 5.90 Å². The summed E-state index contributed by atoms with van der Waals surface area (Å²) in [6, 6.07) is 4.77. The number of carboxylic acid groups (broad SMARTS) is 1. The highest BCUT2D eigenvalue weighted by Gasteiger charge is 2.24. The Labute approximate surface area is 176 Å². The van der Waals surface area contributed by atoms with Gasteiger partial charge in [0.1, 0.15) is 13.2 Å². The van der Waals surface area contributed by atoms with Crippen LogP contribution in [0.3, 0.4) is 0 Å². The Morgan fingerprint density at radius 1 is 1.18 bits per heavy atom. The van der Waals surface area contributed by atoms with Crippen LogP contribution in [0, 0.1) is 0 Å². The van der Waals surface area contributed by atoms with Crippen LogP contribution >= 0.6 is 23.2 Å². The Balaban J connectivity index is 1.78. The molecule has 0 saturated heterocycles. The summed E-state index contributed by atoms with van der Waals surface area (Å²) in [7, 11) is 1.73. The lowest BCUT2D eigenvalue weighted by atomic mass is 10.1. The molecule has 8 heteroatoms. The van der Waals surface area contributed by atoms with Gasteiger partial charge in [0.15, 0.2) is 0 Å². The predicted octanol–water partition coefficient (Wildman–Crippen LogP) is 5.65. The van der Waals surface area contributed by atoms with Crippen molar-refractivity contribution in [1.82, 2.24) is 0 Å². The Bertz CT molecular complexity index is 649. The van der Waals surface area contributed by atoms with Crippen molar-refractivity contribution in [1.29, 1.82) is 0 Å². The molecule has 1 heterocycles. The van der Waals surface area contributed by atoms with E-state index in [0.717, 1.165) is 30.8 Å². The van der Waals surface area contributed by atoms with E-state index >= 15 is 0 Å². The Hall–Kier alpha value is -1.50. The van der Waals surface area contributed by atoms with E-state index in [0.29, 0.717) is 28.2 Å². The zero-order valence-corrected chi connectivity index (χ0v) is 17.7. The molecular formula is C20H28Cl2N2O4. The Morgan fingerprint density at radius 2 is 1.82 bits per heavy atom. The van der Waals surface area contributed by atoms with Crippen LogP contribution in [-0.2, 0) is 9.47 Å². The molecular weight excluding hydrogens is 403 g/mol. The lowest BCUT2D eigenvalue weighted by Gasteiger charge is -2.19.